The van der Waals surface area contributed by atoms with Gasteiger partial charge in [-0.3, -0.25) is 9.89 Å². The van der Waals surface area contributed by atoms with Crippen molar-refractivity contribution in [3.8, 4) is 16.9 Å². The highest BCUT2D eigenvalue weighted by Crippen LogP contribution is 2.29. The first kappa shape index (κ1) is 18.9. The van der Waals surface area contributed by atoms with E-state index in [1.54, 1.807) is 32.4 Å². The molecule has 2 aromatic heterocycles. The molecule has 0 radical (unpaired) electrons. The Morgan fingerprint density at radius 2 is 1.86 bits per heavy atom. The van der Waals surface area contributed by atoms with Crippen molar-refractivity contribution in [3.05, 3.63) is 87.7 Å². The molecule has 0 fully saturated rings. The SMILES string of the molecule is COCc1[nH]n2c(=O)cc(Cc3ccccc3F)nc2c1-c1ccc(OC)cc1. The average Bonchev–Trinajstić information content (AvgIpc) is 3.09. The van der Waals surface area contributed by atoms with Crippen molar-refractivity contribution in [2.75, 3.05) is 14.2 Å². The summed E-state index contributed by atoms with van der Waals surface area (Å²) >= 11 is 0. The van der Waals surface area contributed by atoms with Gasteiger partial charge in [0.15, 0.2) is 5.65 Å². The van der Waals surface area contributed by atoms with Crippen LogP contribution in [0, 0.1) is 5.82 Å². The van der Waals surface area contributed by atoms with Gasteiger partial charge in [-0.15, -0.1) is 0 Å². The van der Waals surface area contributed by atoms with Crippen molar-refractivity contribution in [1.82, 2.24) is 14.6 Å². The molecule has 4 rings (SSSR count). The summed E-state index contributed by atoms with van der Waals surface area (Å²) in [6.07, 6.45) is 0.227. The third kappa shape index (κ3) is 3.64. The first-order valence-corrected chi connectivity index (χ1v) is 9.11. The van der Waals surface area contributed by atoms with E-state index in [2.05, 4.69) is 10.1 Å². The summed E-state index contributed by atoms with van der Waals surface area (Å²) < 4.78 is 26.0. The number of aromatic amines is 1. The fourth-order valence-electron chi connectivity index (χ4n) is 3.37. The zero-order chi connectivity index (χ0) is 20.4. The number of H-pyrrole nitrogens is 1. The Labute approximate surface area is 166 Å². The minimum atomic E-state index is -0.320. The number of hydrogen-bond donors (Lipinski definition) is 1. The summed E-state index contributed by atoms with van der Waals surface area (Å²) in [6.45, 7) is 0.285. The number of rotatable bonds is 6. The Balaban J connectivity index is 1.88. The van der Waals surface area contributed by atoms with Crippen LogP contribution in [0.4, 0.5) is 4.39 Å². The Bertz CT molecular complexity index is 1210. The van der Waals surface area contributed by atoms with Gasteiger partial charge in [-0.25, -0.2) is 13.9 Å². The van der Waals surface area contributed by atoms with Crippen molar-refractivity contribution >= 4 is 5.65 Å². The lowest BCUT2D eigenvalue weighted by Crippen LogP contribution is -2.16. The average molecular weight is 393 g/mol. The van der Waals surface area contributed by atoms with Gasteiger partial charge in [-0.2, -0.15) is 0 Å². The third-order valence-corrected chi connectivity index (χ3v) is 4.74. The Hall–Kier alpha value is -3.45. The van der Waals surface area contributed by atoms with Crippen LogP contribution < -0.4 is 10.3 Å². The normalized spacial score (nSPS) is 11.1. The monoisotopic (exact) mass is 393 g/mol. The number of nitrogens with one attached hydrogen (secondary N) is 1. The second kappa shape index (κ2) is 7.89. The molecule has 2 aromatic carbocycles. The lowest BCUT2D eigenvalue weighted by atomic mass is 10.1. The number of benzene rings is 2. The fourth-order valence-corrected chi connectivity index (χ4v) is 3.37. The highest BCUT2D eigenvalue weighted by atomic mass is 19.1. The van der Waals surface area contributed by atoms with Gasteiger partial charge in [0.2, 0.25) is 0 Å². The van der Waals surface area contributed by atoms with Crippen LogP contribution >= 0.6 is 0 Å². The lowest BCUT2D eigenvalue weighted by Gasteiger charge is -2.06. The van der Waals surface area contributed by atoms with Gasteiger partial charge in [0.1, 0.15) is 11.6 Å². The van der Waals surface area contributed by atoms with Crippen LogP contribution in [0.15, 0.2) is 59.4 Å². The molecular formula is C22H20FN3O3. The van der Waals surface area contributed by atoms with E-state index in [0.29, 0.717) is 16.9 Å². The van der Waals surface area contributed by atoms with E-state index in [-0.39, 0.29) is 24.4 Å². The second-order valence-electron chi connectivity index (χ2n) is 6.64. The van der Waals surface area contributed by atoms with Crippen molar-refractivity contribution < 1.29 is 13.9 Å². The van der Waals surface area contributed by atoms with Crippen LogP contribution in [0.3, 0.4) is 0 Å². The van der Waals surface area contributed by atoms with Crippen LogP contribution in [0.25, 0.3) is 16.8 Å². The standard InChI is InChI=1S/C22H20FN3O3/c1-28-13-19-21(14-7-9-17(29-2)10-8-14)22-24-16(12-20(27)26(22)25-19)11-15-5-3-4-6-18(15)23/h3-10,12,25H,11,13H2,1-2H3. The van der Waals surface area contributed by atoms with E-state index in [9.17, 15) is 9.18 Å². The summed E-state index contributed by atoms with van der Waals surface area (Å²) in [5, 5.41) is 3.07. The first-order chi connectivity index (χ1) is 14.1. The Kier molecular flexibility index (Phi) is 5.14. The Morgan fingerprint density at radius 3 is 2.55 bits per heavy atom. The Morgan fingerprint density at radius 1 is 1.10 bits per heavy atom. The van der Waals surface area contributed by atoms with Crippen molar-refractivity contribution in [3.63, 3.8) is 0 Å². The predicted octanol–water partition coefficient (Wildman–Crippen LogP) is 3.57. The van der Waals surface area contributed by atoms with Gasteiger partial charge in [0.25, 0.3) is 5.56 Å². The molecule has 7 heteroatoms. The summed E-state index contributed by atoms with van der Waals surface area (Å²) in [7, 11) is 3.19. The van der Waals surface area contributed by atoms with Gasteiger partial charge < -0.3 is 9.47 Å². The maximum atomic E-state index is 14.1. The van der Waals surface area contributed by atoms with E-state index in [0.717, 1.165) is 22.6 Å². The molecule has 0 aliphatic rings. The molecule has 0 atom stereocenters. The molecule has 0 spiro atoms. The largest absolute Gasteiger partial charge is 0.497 e. The summed E-state index contributed by atoms with van der Waals surface area (Å²) in [4.78, 5) is 17.4. The van der Waals surface area contributed by atoms with Crippen LogP contribution in [-0.2, 0) is 17.8 Å². The van der Waals surface area contributed by atoms with Gasteiger partial charge in [-0.05, 0) is 29.3 Å². The molecule has 1 N–H and O–H groups in total. The second-order valence-corrected chi connectivity index (χ2v) is 6.64. The maximum Gasteiger partial charge on any atom is 0.272 e. The molecule has 0 aliphatic heterocycles. The number of halogens is 1. The van der Waals surface area contributed by atoms with E-state index in [1.807, 2.05) is 24.3 Å². The minimum absolute atomic E-state index is 0.227. The maximum absolute atomic E-state index is 14.1. The van der Waals surface area contributed by atoms with Crippen LogP contribution in [0.5, 0.6) is 5.75 Å². The third-order valence-electron chi connectivity index (χ3n) is 4.74. The fraction of sp³-hybridized carbons (Fsp3) is 0.182. The molecule has 29 heavy (non-hydrogen) atoms. The summed E-state index contributed by atoms with van der Waals surface area (Å²) in [5.41, 5.74) is 3.55. The van der Waals surface area contributed by atoms with Crippen LogP contribution in [0.1, 0.15) is 17.0 Å². The van der Waals surface area contributed by atoms with Crippen molar-refractivity contribution in [1.29, 1.82) is 0 Å². The topological polar surface area (TPSA) is 68.6 Å². The lowest BCUT2D eigenvalue weighted by molar-refractivity contribution is 0.181. The smallest absolute Gasteiger partial charge is 0.272 e. The van der Waals surface area contributed by atoms with E-state index >= 15 is 0 Å². The van der Waals surface area contributed by atoms with Gasteiger partial charge >= 0.3 is 0 Å². The molecule has 2 heterocycles. The van der Waals surface area contributed by atoms with Crippen molar-refractivity contribution in [2.24, 2.45) is 0 Å². The van der Waals surface area contributed by atoms with Gasteiger partial charge in [0, 0.05) is 25.2 Å². The first-order valence-electron chi connectivity index (χ1n) is 9.11. The number of nitrogens with zero attached hydrogens (tertiary/aromatic N) is 2. The molecule has 0 aliphatic carbocycles. The van der Waals surface area contributed by atoms with Crippen LogP contribution in [0.2, 0.25) is 0 Å². The molecule has 0 unspecified atom stereocenters. The van der Waals surface area contributed by atoms with Gasteiger partial charge in [0.05, 0.1) is 25.1 Å². The molecule has 148 valence electrons. The molecule has 0 saturated heterocycles. The minimum Gasteiger partial charge on any atom is -0.497 e. The number of hydrogen-bond acceptors (Lipinski definition) is 4. The molecular weight excluding hydrogens is 373 g/mol. The predicted molar refractivity (Wildman–Crippen MR) is 108 cm³/mol. The van der Waals surface area contributed by atoms with E-state index in [4.69, 9.17) is 9.47 Å². The summed E-state index contributed by atoms with van der Waals surface area (Å²) in [6, 6.07) is 15.4. The quantitative estimate of drug-likeness (QED) is 0.544. The summed E-state index contributed by atoms with van der Waals surface area (Å²) in [5.74, 6) is 0.409. The zero-order valence-corrected chi connectivity index (χ0v) is 16.1. The highest BCUT2D eigenvalue weighted by Gasteiger charge is 2.18. The number of methoxy groups -OCH3 is 2. The van der Waals surface area contributed by atoms with E-state index < -0.39 is 0 Å². The molecule has 6 nitrogen and oxygen atoms in total. The molecule has 0 saturated carbocycles. The molecule has 0 amide bonds. The van der Waals surface area contributed by atoms with E-state index in [1.165, 1.54) is 16.6 Å². The highest BCUT2D eigenvalue weighted by molar-refractivity contribution is 5.80. The number of aromatic nitrogens is 3. The number of fused-ring (bicyclic) bond motifs is 1. The molecule has 0 bridgehead atoms. The van der Waals surface area contributed by atoms with Crippen LogP contribution in [-0.4, -0.2) is 28.8 Å². The van der Waals surface area contributed by atoms with Crippen molar-refractivity contribution in [2.45, 2.75) is 13.0 Å². The number of ether oxygens (including phenoxy) is 2. The zero-order valence-electron chi connectivity index (χ0n) is 16.1. The van der Waals surface area contributed by atoms with Gasteiger partial charge in [-0.1, -0.05) is 30.3 Å². The molecule has 4 aromatic rings.